The van der Waals surface area contributed by atoms with Gasteiger partial charge in [-0.15, -0.1) is 24.8 Å². The maximum absolute atomic E-state index is 9.92. The number of guanidine groups is 2. The molecule has 12 heteroatoms. The molecule has 6 atom stereocenters. The molecule has 0 aliphatic heterocycles. The molecule has 0 aromatic rings. The first kappa shape index (κ1) is 21.3. The SMILES string of the molecule is Cl.Cl.NC(N)=N[C@@H]1C(O)[C@H](N=C(N)N)[C@@H](O)C(O)[C@H]1O. The second-order valence-corrected chi connectivity index (χ2v) is 4.05. The highest BCUT2D eigenvalue weighted by Crippen LogP contribution is 2.25. The summed E-state index contributed by atoms with van der Waals surface area (Å²) < 4.78 is 0. The van der Waals surface area contributed by atoms with Crippen LogP contribution in [0.15, 0.2) is 9.98 Å². The highest BCUT2D eigenvalue weighted by atomic mass is 35.5. The van der Waals surface area contributed by atoms with E-state index >= 15 is 0 Å². The molecule has 0 amide bonds. The van der Waals surface area contributed by atoms with Crippen LogP contribution in [-0.2, 0) is 0 Å². The van der Waals surface area contributed by atoms with Gasteiger partial charge in [-0.3, -0.25) is 0 Å². The van der Waals surface area contributed by atoms with Crippen molar-refractivity contribution in [1.29, 1.82) is 0 Å². The van der Waals surface area contributed by atoms with Crippen molar-refractivity contribution in [2.24, 2.45) is 32.9 Å². The van der Waals surface area contributed by atoms with Crippen LogP contribution < -0.4 is 22.9 Å². The van der Waals surface area contributed by atoms with Crippen LogP contribution in [-0.4, -0.2) is 68.8 Å². The fraction of sp³-hybridized carbons (Fsp3) is 0.750. The quantitative estimate of drug-likeness (QED) is 0.182. The van der Waals surface area contributed by atoms with Gasteiger partial charge in [0.15, 0.2) is 11.9 Å². The fourth-order valence-corrected chi connectivity index (χ4v) is 1.86. The summed E-state index contributed by atoms with van der Waals surface area (Å²) in [6.45, 7) is 0. The average molecular weight is 335 g/mol. The van der Waals surface area contributed by atoms with E-state index in [9.17, 15) is 20.4 Å². The highest BCUT2D eigenvalue weighted by molar-refractivity contribution is 5.85. The van der Waals surface area contributed by atoms with Crippen molar-refractivity contribution >= 4 is 36.7 Å². The first-order valence-corrected chi connectivity index (χ1v) is 5.15. The van der Waals surface area contributed by atoms with Gasteiger partial charge in [0.25, 0.3) is 0 Å². The number of halogens is 2. The van der Waals surface area contributed by atoms with Gasteiger partial charge in [0, 0.05) is 0 Å². The summed E-state index contributed by atoms with van der Waals surface area (Å²) in [4.78, 5) is 7.18. The second kappa shape index (κ2) is 8.29. The van der Waals surface area contributed by atoms with Gasteiger partial charge in [0.2, 0.25) is 0 Å². The third-order valence-electron chi connectivity index (χ3n) is 2.70. The van der Waals surface area contributed by atoms with E-state index in [0.29, 0.717) is 0 Å². The summed E-state index contributed by atoms with van der Waals surface area (Å²) in [5.74, 6) is -0.768. The van der Waals surface area contributed by atoms with Crippen molar-refractivity contribution in [1.82, 2.24) is 0 Å². The maximum Gasteiger partial charge on any atom is 0.186 e. The minimum atomic E-state index is -1.59. The molecule has 12 N–H and O–H groups in total. The van der Waals surface area contributed by atoms with Gasteiger partial charge in [-0.2, -0.15) is 0 Å². The lowest BCUT2D eigenvalue weighted by Crippen LogP contribution is -2.63. The Bertz CT molecular complexity index is 331. The van der Waals surface area contributed by atoms with Crippen LogP contribution in [0, 0.1) is 0 Å². The number of nitrogens with two attached hydrogens (primary N) is 4. The summed E-state index contributed by atoms with van der Waals surface area (Å²) in [6.07, 6.45) is -6.11. The van der Waals surface area contributed by atoms with Crippen molar-refractivity contribution in [3.05, 3.63) is 0 Å². The molecule has 1 fully saturated rings. The average Bonchev–Trinajstić information content (AvgIpc) is 2.27. The standard InChI is InChI=1S/C8H18N6O4.2ClH/c9-7(10)13-1-3(15)2(14-8(11)12)5(17)6(18)4(1)16;;/h1-6,15-18H,(H4,9,10,13)(H4,11,12,14);2*1H/t1-,2+,3?,4+,5-,6?;;. The van der Waals surface area contributed by atoms with E-state index < -0.39 is 36.5 Å². The van der Waals surface area contributed by atoms with Crippen LogP contribution >= 0.6 is 24.8 Å². The zero-order valence-corrected chi connectivity index (χ0v) is 11.9. The minimum absolute atomic E-state index is 0. The van der Waals surface area contributed by atoms with Crippen LogP contribution in [0.4, 0.5) is 0 Å². The zero-order valence-electron chi connectivity index (χ0n) is 10.3. The van der Waals surface area contributed by atoms with Crippen LogP contribution in [0.5, 0.6) is 0 Å². The summed E-state index contributed by atoms with van der Waals surface area (Å²) in [5, 5.41) is 38.9. The van der Waals surface area contributed by atoms with E-state index in [1.807, 2.05) is 0 Å². The summed E-state index contributed by atoms with van der Waals surface area (Å²) in [6, 6.07) is -2.47. The number of nitrogens with zero attached hydrogens (tertiary/aromatic N) is 2. The van der Waals surface area contributed by atoms with Gasteiger partial charge in [-0.05, 0) is 0 Å². The molecule has 1 aliphatic carbocycles. The molecule has 10 nitrogen and oxygen atoms in total. The second-order valence-electron chi connectivity index (χ2n) is 4.05. The molecule has 0 aromatic carbocycles. The normalized spacial score (nSPS) is 36.0. The summed E-state index contributed by atoms with van der Waals surface area (Å²) in [7, 11) is 0. The molecule has 1 saturated carbocycles. The summed E-state index contributed by atoms with van der Waals surface area (Å²) in [5.41, 5.74) is 20.6. The smallest absolute Gasteiger partial charge is 0.186 e. The van der Waals surface area contributed by atoms with Crippen LogP contribution in [0.2, 0.25) is 0 Å². The molecule has 0 spiro atoms. The zero-order chi connectivity index (χ0) is 14.0. The van der Waals surface area contributed by atoms with E-state index in [-0.39, 0.29) is 36.7 Å². The maximum atomic E-state index is 9.92. The lowest BCUT2D eigenvalue weighted by atomic mass is 9.82. The van der Waals surface area contributed by atoms with Gasteiger partial charge >= 0.3 is 0 Å². The third-order valence-corrected chi connectivity index (χ3v) is 2.70. The topological polar surface area (TPSA) is 210 Å². The Balaban J connectivity index is 0. The molecule has 0 bridgehead atoms. The van der Waals surface area contributed by atoms with Crippen LogP contribution in [0.25, 0.3) is 0 Å². The van der Waals surface area contributed by atoms with Crippen LogP contribution in [0.1, 0.15) is 0 Å². The number of aliphatic hydroxyl groups excluding tert-OH is 4. The predicted octanol–water partition coefficient (Wildman–Crippen LogP) is -4.43. The van der Waals surface area contributed by atoms with Gasteiger partial charge in [-0.1, -0.05) is 0 Å². The minimum Gasteiger partial charge on any atom is -0.388 e. The molecule has 1 aliphatic rings. The van der Waals surface area contributed by atoms with Crippen molar-refractivity contribution in [3.8, 4) is 0 Å². The molecule has 0 radical (unpaired) electrons. The van der Waals surface area contributed by atoms with Crippen molar-refractivity contribution in [2.75, 3.05) is 0 Å². The van der Waals surface area contributed by atoms with Gasteiger partial charge in [0.1, 0.15) is 36.5 Å². The Labute approximate surface area is 127 Å². The molecule has 2 unspecified atom stereocenters. The Morgan fingerprint density at radius 2 is 0.900 bits per heavy atom. The Morgan fingerprint density at radius 3 is 1.15 bits per heavy atom. The lowest BCUT2D eigenvalue weighted by molar-refractivity contribution is -0.136. The molecule has 0 heterocycles. The third kappa shape index (κ3) is 4.51. The van der Waals surface area contributed by atoms with E-state index in [1.54, 1.807) is 0 Å². The van der Waals surface area contributed by atoms with Gasteiger partial charge < -0.3 is 43.4 Å². The number of aliphatic hydroxyl groups is 4. The number of rotatable bonds is 2. The van der Waals surface area contributed by atoms with Gasteiger partial charge in [-0.25, -0.2) is 9.98 Å². The Morgan fingerprint density at radius 1 is 0.600 bits per heavy atom. The van der Waals surface area contributed by atoms with E-state index in [0.717, 1.165) is 0 Å². The van der Waals surface area contributed by atoms with Crippen LogP contribution in [0.3, 0.4) is 0 Å². The molecule has 120 valence electrons. The monoisotopic (exact) mass is 334 g/mol. The lowest BCUT2D eigenvalue weighted by Gasteiger charge is -2.40. The molecule has 1 rings (SSSR count). The molecule has 20 heavy (non-hydrogen) atoms. The fourth-order valence-electron chi connectivity index (χ4n) is 1.86. The number of aliphatic imine (C=N–C) groups is 2. The molecular formula is C8H20Cl2N6O4. The molecule has 0 aromatic heterocycles. The van der Waals surface area contributed by atoms with Crippen molar-refractivity contribution in [3.63, 3.8) is 0 Å². The predicted molar refractivity (Wildman–Crippen MR) is 77.7 cm³/mol. The van der Waals surface area contributed by atoms with Crippen molar-refractivity contribution in [2.45, 2.75) is 36.5 Å². The van der Waals surface area contributed by atoms with E-state index in [2.05, 4.69) is 9.98 Å². The first-order valence-electron chi connectivity index (χ1n) is 5.15. The number of hydrogen-bond acceptors (Lipinski definition) is 6. The largest absolute Gasteiger partial charge is 0.388 e. The Kier molecular flexibility index (Phi) is 8.82. The summed E-state index contributed by atoms with van der Waals surface area (Å²) >= 11 is 0. The first-order chi connectivity index (χ1) is 8.25. The highest BCUT2D eigenvalue weighted by Gasteiger charge is 2.49. The van der Waals surface area contributed by atoms with Gasteiger partial charge in [0.05, 0.1) is 0 Å². The number of hydrogen-bond donors (Lipinski definition) is 8. The van der Waals surface area contributed by atoms with Crippen molar-refractivity contribution < 1.29 is 20.4 Å². The Hall–Kier alpha value is -1.04. The van der Waals surface area contributed by atoms with E-state index in [1.165, 1.54) is 0 Å². The van der Waals surface area contributed by atoms with E-state index in [4.69, 9.17) is 22.9 Å². The molecular weight excluding hydrogens is 315 g/mol. The molecule has 0 saturated heterocycles.